The van der Waals surface area contributed by atoms with E-state index in [0.29, 0.717) is 13.0 Å². The zero-order valence-corrected chi connectivity index (χ0v) is 11.9. The molecule has 2 rings (SSSR count). The van der Waals surface area contributed by atoms with Crippen molar-refractivity contribution in [2.75, 3.05) is 13.1 Å². The lowest BCUT2D eigenvalue weighted by molar-refractivity contribution is 0.0670. The number of urea groups is 1. The number of pyridine rings is 1. The van der Waals surface area contributed by atoms with Crippen LogP contribution in [0.5, 0.6) is 0 Å². The largest absolute Gasteiger partial charge is 0.338 e. The van der Waals surface area contributed by atoms with Gasteiger partial charge in [-0.05, 0) is 12.1 Å². The second-order valence-electron chi connectivity index (χ2n) is 4.53. The molecular weight excluding hydrogens is 292 g/mol. The lowest BCUT2D eigenvalue weighted by Crippen LogP contribution is -2.37. The average Bonchev–Trinajstić information content (AvgIpc) is 2.97. The normalized spacial score (nSPS) is 10.7. The Morgan fingerprint density at radius 1 is 1.14 bits per heavy atom. The van der Waals surface area contributed by atoms with Gasteiger partial charge in [0.15, 0.2) is 0 Å². The molecule has 2 amide bonds. The SMILES string of the molecule is O=C(NCCc1ccccn1)NCCc1nccn1C(F)F. The summed E-state index contributed by atoms with van der Waals surface area (Å²) in [5, 5.41) is 5.29. The Morgan fingerprint density at radius 3 is 2.59 bits per heavy atom. The fourth-order valence-corrected chi connectivity index (χ4v) is 1.92. The number of alkyl halides is 2. The van der Waals surface area contributed by atoms with Crippen LogP contribution in [0, 0.1) is 0 Å². The highest BCUT2D eigenvalue weighted by molar-refractivity contribution is 5.73. The maximum atomic E-state index is 12.6. The van der Waals surface area contributed by atoms with Gasteiger partial charge in [0, 0.05) is 50.2 Å². The lowest BCUT2D eigenvalue weighted by atomic mass is 10.3. The molecule has 2 N–H and O–H groups in total. The monoisotopic (exact) mass is 309 g/mol. The Balaban J connectivity index is 1.64. The Labute approximate surface area is 126 Å². The van der Waals surface area contributed by atoms with Crippen molar-refractivity contribution < 1.29 is 13.6 Å². The summed E-state index contributed by atoms with van der Waals surface area (Å²) in [4.78, 5) is 19.5. The Bertz CT molecular complexity index is 588. The summed E-state index contributed by atoms with van der Waals surface area (Å²) >= 11 is 0. The Kier molecular flexibility index (Phi) is 5.81. The zero-order chi connectivity index (χ0) is 15.8. The second kappa shape index (κ2) is 8.06. The molecule has 2 aromatic heterocycles. The van der Waals surface area contributed by atoms with E-state index in [-0.39, 0.29) is 24.8 Å². The maximum absolute atomic E-state index is 12.6. The fraction of sp³-hybridized carbons (Fsp3) is 0.357. The van der Waals surface area contributed by atoms with Gasteiger partial charge < -0.3 is 10.6 Å². The van der Waals surface area contributed by atoms with Gasteiger partial charge in [0.2, 0.25) is 0 Å². The minimum atomic E-state index is -2.62. The van der Waals surface area contributed by atoms with Gasteiger partial charge in [-0.3, -0.25) is 9.55 Å². The molecule has 2 aromatic rings. The molecule has 2 heterocycles. The number of amides is 2. The van der Waals surface area contributed by atoms with Gasteiger partial charge >= 0.3 is 12.6 Å². The molecule has 8 heteroatoms. The molecule has 0 unspecified atom stereocenters. The molecule has 118 valence electrons. The van der Waals surface area contributed by atoms with E-state index in [2.05, 4.69) is 20.6 Å². The summed E-state index contributed by atoms with van der Waals surface area (Å²) in [5.41, 5.74) is 0.891. The molecule has 0 aliphatic rings. The minimum absolute atomic E-state index is 0.235. The number of aromatic nitrogens is 3. The molecule has 22 heavy (non-hydrogen) atoms. The first kappa shape index (κ1) is 15.9. The molecule has 0 radical (unpaired) electrons. The van der Waals surface area contributed by atoms with Crippen LogP contribution in [0.3, 0.4) is 0 Å². The standard InChI is InChI=1S/C14H17F2N5O/c15-13(16)21-10-9-18-12(21)5-8-20-14(22)19-7-4-11-3-1-2-6-17-11/h1-3,6,9-10,13H,4-5,7-8H2,(H2,19,20,22). The van der Waals surface area contributed by atoms with Crippen molar-refractivity contribution in [2.45, 2.75) is 19.4 Å². The fourth-order valence-electron chi connectivity index (χ4n) is 1.92. The first-order chi connectivity index (χ1) is 10.7. The van der Waals surface area contributed by atoms with Crippen molar-refractivity contribution in [1.29, 1.82) is 0 Å². The maximum Gasteiger partial charge on any atom is 0.319 e. The molecule has 0 aliphatic heterocycles. The van der Waals surface area contributed by atoms with Crippen LogP contribution in [0.4, 0.5) is 13.6 Å². The third-order valence-electron chi connectivity index (χ3n) is 2.99. The Hall–Kier alpha value is -2.51. The first-order valence-corrected chi connectivity index (χ1v) is 6.88. The average molecular weight is 309 g/mol. The third kappa shape index (κ3) is 4.80. The van der Waals surface area contributed by atoms with E-state index in [1.165, 1.54) is 12.4 Å². The van der Waals surface area contributed by atoms with Crippen molar-refractivity contribution in [2.24, 2.45) is 0 Å². The van der Waals surface area contributed by atoms with E-state index in [0.717, 1.165) is 10.3 Å². The summed E-state index contributed by atoms with van der Waals surface area (Å²) in [6, 6.07) is 5.25. The van der Waals surface area contributed by atoms with Gasteiger partial charge in [0.25, 0.3) is 0 Å². The highest BCUT2D eigenvalue weighted by Crippen LogP contribution is 2.12. The molecular formula is C14H17F2N5O. The molecule has 0 fully saturated rings. The topological polar surface area (TPSA) is 71.8 Å². The number of hydrogen-bond acceptors (Lipinski definition) is 3. The quantitative estimate of drug-likeness (QED) is 0.818. The smallest absolute Gasteiger partial charge is 0.319 e. The number of carbonyl (C=O) groups is 1. The number of nitrogens with zero attached hydrogens (tertiary/aromatic N) is 3. The predicted octanol–water partition coefficient (Wildman–Crippen LogP) is 1.76. The van der Waals surface area contributed by atoms with Crippen molar-refractivity contribution in [3.63, 3.8) is 0 Å². The molecule has 0 saturated heterocycles. The number of halogens is 2. The number of rotatable bonds is 7. The molecule has 0 aromatic carbocycles. The van der Waals surface area contributed by atoms with Crippen LogP contribution in [0.1, 0.15) is 18.1 Å². The molecule has 0 spiro atoms. The van der Waals surface area contributed by atoms with Crippen molar-refractivity contribution in [1.82, 2.24) is 25.2 Å². The van der Waals surface area contributed by atoms with Crippen molar-refractivity contribution in [3.8, 4) is 0 Å². The highest BCUT2D eigenvalue weighted by Gasteiger charge is 2.11. The van der Waals surface area contributed by atoms with E-state index in [1.807, 2.05) is 18.2 Å². The van der Waals surface area contributed by atoms with Gasteiger partial charge in [-0.25, -0.2) is 9.78 Å². The van der Waals surface area contributed by atoms with E-state index >= 15 is 0 Å². The summed E-state index contributed by atoms with van der Waals surface area (Å²) in [6.07, 6.45) is 5.09. The number of imidazole rings is 1. The van der Waals surface area contributed by atoms with Gasteiger partial charge in [0.1, 0.15) is 5.82 Å². The third-order valence-corrected chi connectivity index (χ3v) is 2.99. The van der Waals surface area contributed by atoms with Crippen LogP contribution >= 0.6 is 0 Å². The van der Waals surface area contributed by atoms with Crippen LogP contribution < -0.4 is 10.6 Å². The van der Waals surface area contributed by atoms with Gasteiger partial charge in [-0.15, -0.1) is 0 Å². The van der Waals surface area contributed by atoms with Crippen molar-refractivity contribution >= 4 is 6.03 Å². The second-order valence-corrected chi connectivity index (χ2v) is 4.53. The van der Waals surface area contributed by atoms with Gasteiger partial charge in [-0.1, -0.05) is 6.07 Å². The predicted molar refractivity (Wildman–Crippen MR) is 76.5 cm³/mol. The van der Waals surface area contributed by atoms with E-state index < -0.39 is 6.55 Å². The molecule has 6 nitrogen and oxygen atoms in total. The number of carbonyl (C=O) groups excluding carboxylic acids is 1. The van der Waals surface area contributed by atoms with Crippen LogP contribution in [0.15, 0.2) is 36.8 Å². The van der Waals surface area contributed by atoms with E-state index in [9.17, 15) is 13.6 Å². The molecule has 0 bridgehead atoms. The van der Waals surface area contributed by atoms with Crippen LogP contribution in [0.2, 0.25) is 0 Å². The number of hydrogen-bond donors (Lipinski definition) is 2. The first-order valence-electron chi connectivity index (χ1n) is 6.88. The van der Waals surface area contributed by atoms with Gasteiger partial charge in [-0.2, -0.15) is 8.78 Å². The summed E-state index contributed by atoms with van der Waals surface area (Å²) in [6.45, 7) is -1.93. The molecule has 0 aliphatic carbocycles. The number of nitrogens with one attached hydrogen (secondary N) is 2. The van der Waals surface area contributed by atoms with Crippen LogP contribution in [-0.4, -0.2) is 33.7 Å². The zero-order valence-electron chi connectivity index (χ0n) is 11.9. The van der Waals surface area contributed by atoms with Gasteiger partial charge in [0.05, 0.1) is 0 Å². The van der Waals surface area contributed by atoms with Crippen molar-refractivity contribution in [3.05, 3.63) is 48.3 Å². The van der Waals surface area contributed by atoms with Crippen LogP contribution in [-0.2, 0) is 12.8 Å². The summed E-state index contributed by atoms with van der Waals surface area (Å²) < 4.78 is 26.0. The molecule has 0 atom stereocenters. The Morgan fingerprint density at radius 2 is 1.91 bits per heavy atom. The van der Waals surface area contributed by atoms with Crippen LogP contribution in [0.25, 0.3) is 0 Å². The summed E-state index contributed by atoms with van der Waals surface area (Å²) in [5.74, 6) is 0.240. The lowest BCUT2D eigenvalue weighted by Gasteiger charge is -2.08. The summed E-state index contributed by atoms with van der Waals surface area (Å²) in [7, 11) is 0. The minimum Gasteiger partial charge on any atom is -0.338 e. The van der Waals surface area contributed by atoms with E-state index in [4.69, 9.17) is 0 Å². The van der Waals surface area contributed by atoms with E-state index in [1.54, 1.807) is 6.20 Å². The highest BCUT2D eigenvalue weighted by atomic mass is 19.3. The molecule has 0 saturated carbocycles.